The van der Waals surface area contributed by atoms with Gasteiger partial charge in [0.15, 0.2) is 0 Å². The van der Waals surface area contributed by atoms with Gasteiger partial charge in [0, 0.05) is 23.6 Å². The number of imidazole rings is 1. The smallest absolute Gasteiger partial charge is 0.255 e. The first kappa shape index (κ1) is 18.7. The van der Waals surface area contributed by atoms with E-state index in [9.17, 15) is 4.79 Å². The van der Waals surface area contributed by atoms with Crippen LogP contribution in [0.5, 0.6) is 5.75 Å². The number of fused-ring (bicyclic) bond motifs is 1. The lowest BCUT2D eigenvalue weighted by molar-refractivity contribution is 0.102. The normalized spacial score (nSPS) is 10.9. The highest BCUT2D eigenvalue weighted by Crippen LogP contribution is 2.22. The van der Waals surface area contributed by atoms with Crippen molar-refractivity contribution in [2.24, 2.45) is 0 Å². The van der Waals surface area contributed by atoms with E-state index in [1.807, 2.05) is 80.0 Å². The molecule has 5 nitrogen and oxygen atoms in total. The van der Waals surface area contributed by atoms with Crippen molar-refractivity contribution in [3.63, 3.8) is 0 Å². The van der Waals surface area contributed by atoms with Crippen LogP contribution in [0.4, 0.5) is 5.69 Å². The number of pyridine rings is 1. The molecule has 2 heterocycles. The number of carbonyl (C=O) groups is 1. The number of aryl methyl sites for hydroxylation is 3. The molecule has 0 aliphatic carbocycles. The van der Waals surface area contributed by atoms with Crippen LogP contribution in [-0.4, -0.2) is 15.3 Å². The first-order chi connectivity index (χ1) is 14.0. The molecule has 0 saturated carbocycles. The van der Waals surface area contributed by atoms with Gasteiger partial charge in [0.25, 0.3) is 5.91 Å². The Morgan fingerprint density at radius 2 is 1.76 bits per heavy atom. The Balaban J connectivity index is 1.47. The highest BCUT2D eigenvalue weighted by molar-refractivity contribution is 6.05. The molecule has 0 fully saturated rings. The minimum absolute atomic E-state index is 0.156. The molecule has 1 amide bonds. The van der Waals surface area contributed by atoms with Crippen molar-refractivity contribution in [2.45, 2.75) is 27.4 Å². The maximum Gasteiger partial charge on any atom is 0.255 e. The highest BCUT2D eigenvalue weighted by Gasteiger charge is 2.11. The van der Waals surface area contributed by atoms with Gasteiger partial charge in [-0.3, -0.25) is 4.79 Å². The van der Waals surface area contributed by atoms with E-state index in [-0.39, 0.29) is 5.91 Å². The fraction of sp³-hybridized carbons (Fsp3) is 0.167. The van der Waals surface area contributed by atoms with Crippen LogP contribution in [-0.2, 0) is 6.61 Å². The molecule has 4 aromatic rings. The Kier molecular flexibility index (Phi) is 5.04. The average Bonchev–Trinajstić information content (AvgIpc) is 3.11. The van der Waals surface area contributed by atoms with Gasteiger partial charge < -0.3 is 14.5 Å². The Morgan fingerprint density at radius 1 is 1.00 bits per heavy atom. The molecule has 0 radical (unpaired) electrons. The Bertz CT molecular complexity index is 1170. The monoisotopic (exact) mass is 385 g/mol. The van der Waals surface area contributed by atoms with Crippen molar-refractivity contribution in [3.8, 4) is 5.75 Å². The van der Waals surface area contributed by atoms with E-state index in [2.05, 4.69) is 10.3 Å². The van der Waals surface area contributed by atoms with Gasteiger partial charge in [-0.25, -0.2) is 4.98 Å². The number of para-hydroxylation sites is 1. The van der Waals surface area contributed by atoms with E-state index in [0.717, 1.165) is 28.2 Å². The number of ether oxygens (including phenoxy) is 1. The highest BCUT2D eigenvalue weighted by atomic mass is 16.5. The standard InChI is InChI=1S/C24H23N3O2/c1-16-10-11-22-25-20(14-27(22)13-16)15-29-21-9-5-8-19(12-21)24(28)26-23-17(2)6-4-7-18(23)3/h4-14H,15H2,1-3H3,(H,26,28). The summed E-state index contributed by atoms with van der Waals surface area (Å²) in [5.74, 6) is 0.475. The van der Waals surface area contributed by atoms with Crippen LogP contribution in [0.1, 0.15) is 32.7 Å². The summed E-state index contributed by atoms with van der Waals surface area (Å²) in [5.41, 5.74) is 6.36. The summed E-state index contributed by atoms with van der Waals surface area (Å²) in [6.07, 6.45) is 3.99. The molecule has 146 valence electrons. The summed E-state index contributed by atoms with van der Waals surface area (Å²) in [7, 11) is 0. The van der Waals surface area contributed by atoms with Gasteiger partial charge in [0.1, 0.15) is 18.0 Å². The van der Waals surface area contributed by atoms with Crippen molar-refractivity contribution in [1.82, 2.24) is 9.38 Å². The first-order valence-electron chi connectivity index (χ1n) is 9.54. The summed E-state index contributed by atoms with van der Waals surface area (Å²) < 4.78 is 7.87. The van der Waals surface area contributed by atoms with E-state index in [1.54, 1.807) is 12.1 Å². The molecule has 2 aromatic heterocycles. The number of anilines is 1. The van der Waals surface area contributed by atoms with E-state index in [4.69, 9.17) is 4.74 Å². The first-order valence-corrected chi connectivity index (χ1v) is 9.54. The fourth-order valence-corrected chi connectivity index (χ4v) is 3.31. The van der Waals surface area contributed by atoms with Gasteiger partial charge in [-0.15, -0.1) is 0 Å². The molecule has 0 bridgehead atoms. The average molecular weight is 385 g/mol. The molecular formula is C24H23N3O2. The molecule has 0 atom stereocenters. The summed E-state index contributed by atoms with van der Waals surface area (Å²) in [6.45, 7) is 6.35. The van der Waals surface area contributed by atoms with E-state index in [1.165, 1.54) is 5.56 Å². The quantitative estimate of drug-likeness (QED) is 0.520. The number of rotatable bonds is 5. The van der Waals surface area contributed by atoms with Gasteiger partial charge in [-0.05, 0) is 61.7 Å². The predicted molar refractivity (Wildman–Crippen MR) is 115 cm³/mol. The third-order valence-electron chi connectivity index (χ3n) is 4.85. The zero-order valence-corrected chi connectivity index (χ0v) is 16.8. The number of aromatic nitrogens is 2. The lowest BCUT2D eigenvalue weighted by Crippen LogP contribution is -2.13. The van der Waals surface area contributed by atoms with E-state index in [0.29, 0.717) is 17.9 Å². The number of hydrogen-bond donors (Lipinski definition) is 1. The second-order valence-corrected chi connectivity index (χ2v) is 7.24. The fourth-order valence-electron chi connectivity index (χ4n) is 3.31. The van der Waals surface area contributed by atoms with Gasteiger partial charge in [0.2, 0.25) is 0 Å². The summed E-state index contributed by atoms with van der Waals surface area (Å²) in [5, 5.41) is 3.01. The van der Waals surface area contributed by atoms with Crippen LogP contribution in [0.15, 0.2) is 67.0 Å². The molecule has 5 heteroatoms. The number of nitrogens with zero attached hydrogens (tertiary/aromatic N) is 2. The topological polar surface area (TPSA) is 55.6 Å². The van der Waals surface area contributed by atoms with Crippen LogP contribution in [0.2, 0.25) is 0 Å². The SMILES string of the molecule is Cc1ccc2nc(COc3cccc(C(=O)Nc4c(C)cccc4C)c3)cn2c1. The van der Waals surface area contributed by atoms with Gasteiger partial charge in [0.05, 0.1) is 5.69 Å². The van der Waals surface area contributed by atoms with E-state index >= 15 is 0 Å². The Morgan fingerprint density at radius 3 is 2.55 bits per heavy atom. The molecule has 4 rings (SSSR count). The van der Waals surface area contributed by atoms with Crippen molar-refractivity contribution in [1.29, 1.82) is 0 Å². The minimum atomic E-state index is -0.156. The molecule has 2 aromatic carbocycles. The Labute approximate surface area is 170 Å². The lowest BCUT2D eigenvalue weighted by atomic mass is 10.1. The van der Waals surface area contributed by atoms with Crippen molar-refractivity contribution >= 4 is 17.2 Å². The zero-order valence-electron chi connectivity index (χ0n) is 16.8. The second kappa shape index (κ2) is 7.80. The van der Waals surface area contributed by atoms with Crippen molar-refractivity contribution in [2.75, 3.05) is 5.32 Å². The van der Waals surface area contributed by atoms with Crippen LogP contribution < -0.4 is 10.1 Å². The third-order valence-corrected chi connectivity index (χ3v) is 4.85. The van der Waals surface area contributed by atoms with Crippen LogP contribution in [0.3, 0.4) is 0 Å². The number of hydrogen-bond acceptors (Lipinski definition) is 3. The molecule has 0 aliphatic heterocycles. The van der Waals surface area contributed by atoms with Crippen LogP contribution in [0.25, 0.3) is 5.65 Å². The molecule has 0 spiro atoms. The maximum absolute atomic E-state index is 12.7. The van der Waals surface area contributed by atoms with Gasteiger partial charge in [-0.2, -0.15) is 0 Å². The van der Waals surface area contributed by atoms with Crippen molar-refractivity contribution < 1.29 is 9.53 Å². The summed E-state index contributed by atoms with van der Waals surface area (Å²) in [4.78, 5) is 17.3. The predicted octanol–water partition coefficient (Wildman–Crippen LogP) is 5.09. The zero-order chi connectivity index (χ0) is 20.4. The molecule has 1 N–H and O–H groups in total. The molecular weight excluding hydrogens is 362 g/mol. The number of benzene rings is 2. The number of carbonyl (C=O) groups excluding carboxylic acids is 1. The molecule has 0 saturated heterocycles. The van der Waals surface area contributed by atoms with E-state index < -0.39 is 0 Å². The van der Waals surface area contributed by atoms with Crippen LogP contribution >= 0.6 is 0 Å². The maximum atomic E-state index is 12.7. The van der Waals surface area contributed by atoms with Gasteiger partial charge >= 0.3 is 0 Å². The molecule has 29 heavy (non-hydrogen) atoms. The summed E-state index contributed by atoms with van der Waals surface area (Å²) >= 11 is 0. The molecule has 0 unspecified atom stereocenters. The number of nitrogens with one attached hydrogen (secondary N) is 1. The minimum Gasteiger partial charge on any atom is -0.487 e. The Hall–Kier alpha value is -3.60. The van der Waals surface area contributed by atoms with Crippen LogP contribution in [0, 0.1) is 20.8 Å². The van der Waals surface area contributed by atoms with Gasteiger partial charge in [-0.1, -0.05) is 30.3 Å². The third kappa shape index (κ3) is 4.14. The largest absolute Gasteiger partial charge is 0.487 e. The lowest BCUT2D eigenvalue weighted by Gasteiger charge is -2.12. The number of amides is 1. The van der Waals surface area contributed by atoms with Crippen molar-refractivity contribution in [3.05, 3.63) is 94.9 Å². The second-order valence-electron chi connectivity index (χ2n) is 7.24. The molecule has 0 aliphatic rings. The summed E-state index contributed by atoms with van der Waals surface area (Å²) in [6, 6.07) is 17.2.